The van der Waals surface area contributed by atoms with Gasteiger partial charge in [-0.25, -0.2) is 13.2 Å². The maximum absolute atomic E-state index is 12.6. The lowest BCUT2D eigenvalue weighted by molar-refractivity contribution is -0.125. The molecule has 0 bridgehead atoms. The van der Waals surface area contributed by atoms with Crippen molar-refractivity contribution in [1.29, 1.82) is 0 Å². The van der Waals surface area contributed by atoms with Crippen LogP contribution in [0.15, 0.2) is 18.2 Å². The third-order valence-corrected chi connectivity index (χ3v) is 8.51. The van der Waals surface area contributed by atoms with E-state index < -0.39 is 16.0 Å². The van der Waals surface area contributed by atoms with Crippen molar-refractivity contribution >= 4 is 27.6 Å². The monoisotopic (exact) mass is 493 g/mol. The summed E-state index contributed by atoms with van der Waals surface area (Å²) in [6, 6.07) is 4.63. The van der Waals surface area contributed by atoms with E-state index in [0.717, 1.165) is 57.6 Å². The molecule has 2 fully saturated rings. The molecule has 2 heterocycles. The van der Waals surface area contributed by atoms with Gasteiger partial charge in [-0.1, -0.05) is 19.3 Å². The molecule has 1 unspecified atom stereocenters. The van der Waals surface area contributed by atoms with E-state index in [4.69, 9.17) is 9.47 Å². The van der Waals surface area contributed by atoms with E-state index in [9.17, 15) is 18.0 Å². The van der Waals surface area contributed by atoms with Crippen LogP contribution in [0.3, 0.4) is 0 Å². The normalized spacial score (nSPS) is 22.8. The lowest BCUT2D eigenvalue weighted by Crippen LogP contribution is -2.59. The number of nitrogens with one attached hydrogen (secondary N) is 1. The molecule has 0 radical (unpaired) electrons. The summed E-state index contributed by atoms with van der Waals surface area (Å²) in [5.41, 5.74) is 1.63. The molecule has 2 aliphatic heterocycles. The maximum Gasteiger partial charge on any atom is 0.338 e. The Morgan fingerprint density at radius 1 is 1.18 bits per heavy atom. The van der Waals surface area contributed by atoms with Crippen LogP contribution in [-0.4, -0.2) is 82.5 Å². The van der Waals surface area contributed by atoms with Crippen LogP contribution < -0.4 is 9.62 Å². The molecular formula is C24H35N3O6S. The number of ether oxygens (including phenoxy) is 2. The summed E-state index contributed by atoms with van der Waals surface area (Å²) in [5, 5.41) is 3.00. The van der Waals surface area contributed by atoms with Crippen molar-refractivity contribution in [2.75, 3.05) is 50.0 Å². The molecule has 1 aliphatic carbocycles. The number of sulfonamides is 1. The number of amides is 1. The van der Waals surface area contributed by atoms with E-state index >= 15 is 0 Å². The number of nitrogens with zero attached hydrogens (tertiary/aromatic N) is 2. The fraction of sp³-hybridized carbons (Fsp3) is 0.667. The first-order chi connectivity index (χ1) is 16.2. The number of fused-ring (bicyclic) bond motifs is 1. The number of anilines is 1. The van der Waals surface area contributed by atoms with Crippen molar-refractivity contribution in [1.82, 2.24) is 10.2 Å². The number of rotatable bonds is 7. The Kier molecular flexibility index (Phi) is 7.49. The standard InChI is InChI=1S/C24H35N3O6S/c1-18-14-20-15-19(6-7-21(20)27(18)34(2,30)31)23(29)33-16-22(28)25-17-24(8-4-3-5-9-24)26-10-12-32-13-11-26/h6-7,15,18H,3-5,8-14,16-17H2,1-2H3,(H,25,28). The molecule has 3 aliphatic rings. The fourth-order valence-corrected chi connectivity index (χ4v) is 6.88. The van der Waals surface area contributed by atoms with Crippen LogP contribution in [0, 0.1) is 0 Å². The molecule has 1 amide bonds. The SMILES string of the molecule is CC1Cc2cc(C(=O)OCC(=O)NCC3(N4CCOCC4)CCCCC3)ccc2N1S(C)(=O)=O. The molecule has 1 saturated heterocycles. The van der Waals surface area contributed by atoms with Crippen LogP contribution in [0.2, 0.25) is 0 Å². The lowest BCUT2D eigenvalue weighted by atomic mass is 9.79. The van der Waals surface area contributed by atoms with Crippen molar-refractivity contribution in [3.05, 3.63) is 29.3 Å². The molecule has 0 spiro atoms. The van der Waals surface area contributed by atoms with Crippen LogP contribution in [0.25, 0.3) is 0 Å². The van der Waals surface area contributed by atoms with Gasteiger partial charge in [0.05, 0.1) is 30.7 Å². The van der Waals surface area contributed by atoms with Gasteiger partial charge in [-0.3, -0.25) is 14.0 Å². The number of benzene rings is 1. The van der Waals surface area contributed by atoms with Gasteiger partial charge in [0.1, 0.15) is 0 Å². The summed E-state index contributed by atoms with van der Waals surface area (Å²) in [7, 11) is -3.39. The molecule has 10 heteroatoms. The first kappa shape index (κ1) is 24.9. The van der Waals surface area contributed by atoms with Crippen LogP contribution in [0.1, 0.15) is 54.9 Å². The van der Waals surface area contributed by atoms with E-state index in [1.54, 1.807) is 18.2 Å². The first-order valence-electron chi connectivity index (χ1n) is 12.1. The molecule has 34 heavy (non-hydrogen) atoms. The summed E-state index contributed by atoms with van der Waals surface area (Å²) in [6.45, 7) is 5.21. The summed E-state index contributed by atoms with van der Waals surface area (Å²) < 4.78 is 36.3. The molecule has 1 aromatic rings. The highest BCUT2D eigenvalue weighted by Gasteiger charge is 2.39. The highest BCUT2D eigenvalue weighted by atomic mass is 32.2. The molecule has 1 atom stereocenters. The minimum absolute atomic E-state index is 0.0517. The highest BCUT2D eigenvalue weighted by Crippen LogP contribution is 2.35. The largest absolute Gasteiger partial charge is 0.452 e. The molecule has 9 nitrogen and oxygen atoms in total. The Morgan fingerprint density at radius 3 is 2.56 bits per heavy atom. The van der Waals surface area contributed by atoms with E-state index in [0.29, 0.717) is 24.2 Å². The molecule has 1 aromatic carbocycles. The second-order valence-electron chi connectivity index (χ2n) is 9.69. The fourth-order valence-electron chi connectivity index (χ4n) is 5.62. The third-order valence-electron chi connectivity index (χ3n) is 7.24. The minimum Gasteiger partial charge on any atom is -0.452 e. The molecule has 188 valence electrons. The molecular weight excluding hydrogens is 458 g/mol. The Hall–Kier alpha value is -2.17. The number of hydrogen-bond acceptors (Lipinski definition) is 7. The Morgan fingerprint density at radius 2 is 1.88 bits per heavy atom. The first-order valence-corrected chi connectivity index (χ1v) is 13.9. The predicted molar refractivity (Wildman–Crippen MR) is 128 cm³/mol. The number of esters is 1. The van der Waals surface area contributed by atoms with E-state index in [-0.39, 0.29) is 24.1 Å². The van der Waals surface area contributed by atoms with Gasteiger partial charge in [0.2, 0.25) is 10.0 Å². The topological polar surface area (TPSA) is 105 Å². The summed E-state index contributed by atoms with van der Waals surface area (Å²) in [5.74, 6) is -0.909. The van der Waals surface area contributed by atoms with Crippen molar-refractivity contribution in [3.8, 4) is 0 Å². The maximum atomic E-state index is 12.6. The van der Waals surface area contributed by atoms with Gasteiger partial charge in [-0.2, -0.15) is 0 Å². The second kappa shape index (κ2) is 10.2. The van der Waals surface area contributed by atoms with Crippen molar-refractivity contribution in [2.45, 2.75) is 57.0 Å². The zero-order chi connectivity index (χ0) is 24.3. The Balaban J connectivity index is 1.33. The zero-order valence-electron chi connectivity index (χ0n) is 20.0. The zero-order valence-corrected chi connectivity index (χ0v) is 20.9. The van der Waals surface area contributed by atoms with Gasteiger partial charge in [0.15, 0.2) is 6.61 Å². The summed E-state index contributed by atoms with van der Waals surface area (Å²) >= 11 is 0. The summed E-state index contributed by atoms with van der Waals surface area (Å²) in [4.78, 5) is 27.5. The number of carbonyl (C=O) groups is 2. The van der Waals surface area contributed by atoms with Crippen LogP contribution in [0.4, 0.5) is 5.69 Å². The van der Waals surface area contributed by atoms with E-state index in [2.05, 4.69) is 10.2 Å². The predicted octanol–water partition coefficient (Wildman–Crippen LogP) is 1.71. The van der Waals surface area contributed by atoms with Gasteiger partial charge in [-0.05, 0) is 49.9 Å². The average Bonchev–Trinajstić information content (AvgIpc) is 3.17. The number of hydrogen-bond donors (Lipinski definition) is 1. The average molecular weight is 494 g/mol. The van der Waals surface area contributed by atoms with Crippen LogP contribution in [0.5, 0.6) is 0 Å². The van der Waals surface area contributed by atoms with Gasteiger partial charge in [0, 0.05) is 31.2 Å². The minimum atomic E-state index is -3.39. The van der Waals surface area contributed by atoms with Gasteiger partial charge in [-0.15, -0.1) is 0 Å². The van der Waals surface area contributed by atoms with Crippen molar-refractivity contribution in [3.63, 3.8) is 0 Å². The second-order valence-corrected chi connectivity index (χ2v) is 11.6. The van der Waals surface area contributed by atoms with E-state index in [1.165, 1.54) is 17.0 Å². The van der Waals surface area contributed by atoms with E-state index in [1.807, 2.05) is 6.92 Å². The summed E-state index contributed by atoms with van der Waals surface area (Å²) in [6.07, 6.45) is 7.31. The number of carbonyl (C=O) groups excluding carboxylic acids is 2. The molecule has 1 saturated carbocycles. The van der Waals surface area contributed by atoms with Gasteiger partial charge in [0.25, 0.3) is 5.91 Å². The lowest BCUT2D eigenvalue weighted by Gasteiger charge is -2.48. The Labute approximate surface area is 201 Å². The molecule has 0 aromatic heterocycles. The van der Waals surface area contributed by atoms with Crippen LogP contribution >= 0.6 is 0 Å². The molecule has 4 rings (SSSR count). The van der Waals surface area contributed by atoms with Gasteiger partial charge >= 0.3 is 5.97 Å². The smallest absolute Gasteiger partial charge is 0.338 e. The molecule has 1 N–H and O–H groups in total. The van der Waals surface area contributed by atoms with Gasteiger partial charge < -0.3 is 14.8 Å². The number of morpholine rings is 1. The van der Waals surface area contributed by atoms with Crippen LogP contribution in [-0.2, 0) is 30.7 Å². The highest BCUT2D eigenvalue weighted by molar-refractivity contribution is 7.92. The quantitative estimate of drug-likeness (QED) is 0.577. The van der Waals surface area contributed by atoms with Crippen molar-refractivity contribution in [2.24, 2.45) is 0 Å². The van der Waals surface area contributed by atoms with Crippen molar-refractivity contribution < 1.29 is 27.5 Å². The third kappa shape index (κ3) is 5.39. The Bertz CT molecular complexity index is 1020.